The minimum absolute atomic E-state index is 0.115. The number of rotatable bonds is 2. The van der Waals surface area contributed by atoms with Crippen LogP contribution in [0, 0.1) is 5.92 Å². The Bertz CT molecular complexity index is 629. The number of nitrogens with two attached hydrogens (primary N) is 1. The lowest BCUT2D eigenvalue weighted by Crippen LogP contribution is -2.41. The van der Waals surface area contributed by atoms with Gasteiger partial charge in [-0.15, -0.1) is 11.3 Å². The zero-order valence-electron chi connectivity index (χ0n) is 10.2. The van der Waals surface area contributed by atoms with Gasteiger partial charge in [-0.3, -0.25) is 4.79 Å². The number of anilines is 1. The number of halogens is 1. The van der Waals surface area contributed by atoms with Crippen LogP contribution in [-0.4, -0.2) is 29.0 Å². The second-order valence-electron chi connectivity index (χ2n) is 4.64. The third kappa shape index (κ3) is 2.37. The summed E-state index contributed by atoms with van der Waals surface area (Å²) in [6.45, 7) is 1.47. The minimum atomic E-state index is -0.244. The van der Waals surface area contributed by atoms with Crippen LogP contribution in [0.25, 0.3) is 10.2 Å². The molecule has 0 saturated carbocycles. The van der Waals surface area contributed by atoms with Crippen molar-refractivity contribution in [2.45, 2.75) is 12.8 Å². The molecule has 5 nitrogen and oxygen atoms in total. The average Bonchev–Trinajstić information content (AvgIpc) is 2.85. The van der Waals surface area contributed by atoms with Crippen LogP contribution in [0.1, 0.15) is 12.8 Å². The number of primary amides is 1. The van der Waals surface area contributed by atoms with Crippen molar-refractivity contribution >= 4 is 44.9 Å². The van der Waals surface area contributed by atoms with Crippen LogP contribution in [0.2, 0.25) is 5.28 Å². The van der Waals surface area contributed by atoms with Gasteiger partial charge >= 0.3 is 0 Å². The average molecular weight is 297 g/mol. The van der Waals surface area contributed by atoms with E-state index in [0.717, 1.165) is 35.4 Å². The fourth-order valence-electron chi connectivity index (χ4n) is 2.46. The lowest BCUT2D eigenvalue weighted by Gasteiger charge is -2.32. The summed E-state index contributed by atoms with van der Waals surface area (Å²) in [6.07, 6.45) is 1.78. The summed E-state index contributed by atoms with van der Waals surface area (Å²) in [5, 5.41) is 3.19. The van der Waals surface area contributed by atoms with Gasteiger partial charge in [-0.05, 0) is 35.9 Å². The van der Waals surface area contributed by atoms with Crippen LogP contribution in [0.3, 0.4) is 0 Å². The third-order valence-electron chi connectivity index (χ3n) is 3.40. The molecule has 3 rings (SSSR count). The molecule has 100 valence electrons. The third-order valence-corrected chi connectivity index (χ3v) is 4.38. The summed E-state index contributed by atoms with van der Waals surface area (Å²) < 4.78 is 0. The molecule has 0 bridgehead atoms. The first kappa shape index (κ1) is 12.6. The summed E-state index contributed by atoms with van der Waals surface area (Å²) in [6, 6.07) is 1.99. The van der Waals surface area contributed by atoms with Crippen molar-refractivity contribution in [2.75, 3.05) is 18.0 Å². The number of piperidine rings is 1. The standard InChI is InChI=1S/C12H13ClN4OS/c13-12-15-10(8-3-5-19-11(8)16-12)17-4-1-2-7(6-17)9(14)18/h3,5,7H,1-2,4,6H2,(H2,14,18). The SMILES string of the molecule is NC(=O)C1CCCN(c2nc(Cl)nc3sccc23)C1. The van der Waals surface area contributed by atoms with E-state index < -0.39 is 0 Å². The Labute approximate surface area is 119 Å². The lowest BCUT2D eigenvalue weighted by atomic mass is 9.97. The molecule has 2 aromatic heterocycles. The molecular weight excluding hydrogens is 284 g/mol. The van der Waals surface area contributed by atoms with E-state index in [2.05, 4.69) is 14.9 Å². The quantitative estimate of drug-likeness (QED) is 0.861. The van der Waals surface area contributed by atoms with E-state index in [9.17, 15) is 4.79 Å². The highest BCUT2D eigenvalue weighted by atomic mass is 35.5. The first-order chi connectivity index (χ1) is 9.15. The molecule has 1 amide bonds. The molecule has 7 heteroatoms. The van der Waals surface area contributed by atoms with Gasteiger partial charge in [-0.2, -0.15) is 4.98 Å². The van der Waals surface area contributed by atoms with Crippen LogP contribution < -0.4 is 10.6 Å². The number of carbonyl (C=O) groups is 1. The molecule has 1 aliphatic rings. The molecule has 0 aromatic carbocycles. The predicted molar refractivity (Wildman–Crippen MR) is 76.6 cm³/mol. The topological polar surface area (TPSA) is 72.1 Å². The monoisotopic (exact) mass is 296 g/mol. The molecule has 1 unspecified atom stereocenters. The van der Waals surface area contributed by atoms with Gasteiger partial charge in [0.25, 0.3) is 0 Å². The van der Waals surface area contributed by atoms with Gasteiger partial charge < -0.3 is 10.6 Å². The van der Waals surface area contributed by atoms with Gasteiger partial charge in [0.1, 0.15) is 10.6 Å². The largest absolute Gasteiger partial charge is 0.369 e. The number of aromatic nitrogens is 2. The van der Waals surface area contributed by atoms with E-state index in [1.54, 1.807) is 0 Å². The van der Waals surface area contributed by atoms with Crippen molar-refractivity contribution in [3.05, 3.63) is 16.7 Å². The summed E-state index contributed by atoms with van der Waals surface area (Å²) in [5.74, 6) is 0.449. The first-order valence-electron chi connectivity index (χ1n) is 6.10. The molecule has 0 radical (unpaired) electrons. The zero-order chi connectivity index (χ0) is 13.4. The highest BCUT2D eigenvalue weighted by Crippen LogP contribution is 2.31. The maximum Gasteiger partial charge on any atom is 0.225 e. The fraction of sp³-hybridized carbons (Fsp3) is 0.417. The van der Waals surface area contributed by atoms with Crippen molar-refractivity contribution in [3.63, 3.8) is 0 Å². The van der Waals surface area contributed by atoms with E-state index in [-0.39, 0.29) is 17.1 Å². The summed E-state index contributed by atoms with van der Waals surface area (Å²) in [7, 11) is 0. The van der Waals surface area contributed by atoms with E-state index >= 15 is 0 Å². The molecule has 19 heavy (non-hydrogen) atoms. The molecule has 1 atom stereocenters. The number of carbonyl (C=O) groups excluding carboxylic acids is 1. The summed E-state index contributed by atoms with van der Waals surface area (Å²) in [4.78, 5) is 22.8. The highest BCUT2D eigenvalue weighted by molar-refractivity contribution is 7.16. The van der Waals surface area contributed by atoms with Crippen LogP contribution in [0.5, 0.6) is 0 Å². The number of hydrogen-bond donors (Lipinski definition) is 1. The number of amides is 1. The number of hydrogen-bond acceptors (Lipinski definition) is 5. The molecule has 0 aliphatic carbocycles. The van der Waals surface area contributed by atoms with Crippen molar-refractivity contribution in [1.29, 1.82) is 0 Å². The Morgan fingerprint density at radius 1 is 1.53 bits per heavy atom. The smallest absolute Gasteiger partial charge is 0.225 e. The van der Waals surface area contributed by atoms with Crippen molar-refractivity contribution in [1.82, 2.24) is 9.97 Å². The van der Waals surface area contributed by atoms with E-state index in [1.165, 1.54) is 11.3 Å². The fourth-order valence-corrected chi connectivity index (χ4v) is 3.43. The predicted octanol–water partition coefficient (Wildman–Crippen LogP) is 2.05. The summed E-state index contributed by atoms with van der Waals surface area (Å²) >= 11 is 7.50. The first-order valence-corrected chi connectivity index (χ1v) is 7.36. The Morgan fingerprint density at radius 3 is 3.16 bits per heavy atom. The van der Waals surface area contributed by atoms with Crippen molar-refractivity contribution in [2.24, 2.45) is 11.7 Å². The Hall–Kier alpha value is -1.40. The highest BCUT2D eigenvalue weighted by Gasteiger charge is 2.26. The Kier molecular flexibility index (Phi) is 3.28. The van der Waals surface area contributed by atoms with E-state index in [0.29, 0.717) is 6.54 Å². The molecule has 0 spiro atoms. The molecule has 2 N–H and O–H groups in total. The molecule has 1 saturated heterocycles. The lowest BCUT2D eigenvalue weighted by molar-refractivity contribution is -0.122. The number of thiophene rings is 1. The molecule has 2 aromatic rings. The maximum atomic E-state index is 11.4. The summed E-state index contributed by atoms with van der Waals surface area (Å²) in [5.41, 5.74) is 5.41. The Balaban J connectivity index is 1.99. The van der Waals surface area contributed by atoms with Gasteiger partial charge in [0.2, 0.25) is 11.2 Å². The normalized spacial score (nSPS) is 19.8. The van der Waals surface area contributed by atoms with Gasteiger partial charge in [0.15, 0.2) is 0 Å². The van der Waals surface area contributed by atoms with Crippen LogP contribution in [0.15, 0.2) is 11.4 Å². The van der Waals surface area contributed by atoms with Gasteiger partial charge in [0, 0.05) is 13.1 Å². The maximum absolute atomic E-state index is 11.4. The van der Waals surface area contributed by atoms with Crippen molar-refractivity contribution < 1.29 is 4.79 Å². The molecule has 3 heterocycles. The zero-order valence-corrected chi connectivity index (χ0v) is 11.7. The van der Waals surface area contributed by atoms with Crippen LogP contribution in [-0.2, 0) is 4.79 Å². The molecule has 1 fully saturated rings. The molecular formula is C12H13ClN4OS. The van der Waals surface area contributed by atoms with Crippen LogP contribution >= 0.6 is 22.9 Å². The second kappa shape index (κ2) is 4.94. The van der Waals surface area contributed by atoms with E-state index in [4.69, 9.17) is 17.3 Å². The Morgan fingerprint density at radius 2 is 2.37 bits per heavy atom. The number of fused-ring (bicyclic) bond motifs is 1. The second-order valence-corrected chi connectivity index (χ2v) is 5.88. The van der Waals surface area contributed by atoms with Crippen molar-refractivity contribution in [3.8, 4) is 0 Å². The minimum Gasteiger partial charge on any atom is -0.369 e. The van der Waals surface area contributed by atoms with Crippen LogP contribution in [0.4, 0.5) is 5.82 Å². The van der Waals surface area contributed by atoms with Gasteiger partial charge in [-0.1, -0.05) is 0 Å². The van der Waals surface area contributed by atoms with Gasteiger partial charge in [-0.25, -0.2) is 4.98 Å². The van der Waals surface area contributed by atoms with Gasteiger partial charge in [0.05, 0.1) is 11.3 Å². The van der Waals surface area contributed by atoms with E-state index in [1.807, 2.05) is 11.4 Å². The molecule has 1 aliphatic heterocycles. The number of nitrogens with zero attached hydrogens (tertiary/aromatic N) is 3.